The first-order valence-electron chi connectivity index (χ1n) is 12.4. The van der Waals surface area contributed by atoms with Crippen molar-refractivity contribution in [1.82, 2.24) is 8.54 Å². The lowest BCUT2D eigenvalue weighted by Gasteiger charge is -2.15. The highest BCUT2D eigenvalue weighted by molar-refractivity contribution is 14.2. The zero-order valence-electron chi connectivity index (χ0n) is 23.7. The Bertz CT molecular complexity index is 2110. The van der Waals surface area contributed by atoms with Crippen molar-refractivity contribution in [2.24, 2.45) is 0 Å². The van der Waals surface area contributed by atoms with E-state index < -0.39 is 54.3 Å². The normalized spacial score (nSPS) is 12.4. The molecule has 48 heavy (non-hydrogen) atoms. The number of ketones is 2. The van der Waals surface area contributed by atoms with Crippen molar-refractivity contribution >= 4 is 62.1 Å². The van der Waals surface area contributed by atoms with E-state index in [1.807, 2.05) is 21.2 Å². The minimum Gasteiger partial charge on any atom is -0.496 e. The van der Waals surface area contributed by atoms with Crippen LogP contribution in [0.4, 0.5) is 26.3 Å². The number of hydrogen-bond acceptors (Lipinski definition) is 11. The van der Waals surface area contributed by atoms with E-state index in [2.05, 4.69) is 8.37 Å². The van der Waals surface area contributed by atoms with Crippen LogP contribution in [-0.4, -0.2) is 62.2 Å². The molecule has 0 bridgehead atoms. The number of benzene rings is 2. The lowest BCUT2D eigenvalue weighted by molar-refractivity contribution is -0.0504. The number of alkyl halides is 6. The Balaban J connectivity index is 1.74. The topological polar surface area (TPSA) is 149 Å². The molecular formula is C26H17F6IN2O10S3. The molecule has 0 unspecified atom stereocenters. The lowest BCUT2D eigenvalue weighted by atomic mass is 10.0. The Morgan fingerprint density at radius 2 is 1.21 bits per heavy atom. The Morgan fingerprint density at radius 1 is 0.729 bits per heavy atom. The molecule has 0 fully saturated rings. The summed E-state index contributed by atoms with van der Waals surface area (Å²) in [6, 6.07) is 9.35. The maximum Gasteiger partial charge on any atom is 0.534 e. The van der Waals surface area contributed by atoms with Gasteiger partial charge in [-0.25, -0.2) is 0 Å². The summed E-state index contributed by atoms with van der Waals surface area (Å²) in [5, 5.41) is 0. The van der Waals surface area contributed by atoms with Crippen LogP contribution in [0.15, 0.2) is 67.0 Å². The highest BCUT2D eigenvalue weighted by Crippen LogP contribution is 2.36. The number of ether oxygens (including phenoxy) is 2. The van der Waals surface area contributed by atoms with Crippen LogP contribution in [0.1, 0.15) is 32.1 Å². The molecule has 4 aromatic rings. The average Bonchev–Trinajstić information content (AvgIpc) is 3.66. The highest BCUT2D eigenvalue weighted by Gasteiger charge is 2.49. The zero-order chi connectivity index (χ0) is 35.8. The Labute approximate surface area is 283 Å². The summed E-state index contributed by atoms with van der Waals surface area (Å²) >= 11 is 1.85. The molecule has 2 heterocycles. The van der Waals surface area contributed by atoms with Gasteiger partial charge >= 0.3 is 31.3 Å². The molecule has 0 radical (unpaired) electrons. The molecular weight excluding hydrogens is 837 g/mol. The quantitative estimate of drug-likeness (QED) is 0.0539. The van der Waals surface area contributed by atoms with Gasteiger partial charge in [-0.1, -0.05) is 0 Å². The van der Waals surface area contributed by atoms with Crippen molar-refractivity contribution < 1.29 is 70.6 Å². The third kappa shape index (κ3) is 7.24. The summed E-state index contributed by atoms with van der Waals surface area (Å²) < 4.78 is 144. The molecule has 258 valence electrons. The molecule has 0 saturated heterocycles. The van der Waals surface area contributed by atoms with Crippen LogP contribution in [0.5, 0.6) is 23.0 Å². The fraction of sp³-hybridized carbons (Fsp3) is 0.154. The first-order valence-corrected chi connectivity index (χ1v) is 18.5. The zero-order valence-corrected chi connectivity index (χ0v) is 28.3. The molecule has 2 aromatic heterocycles. The van der Waals surface area contributed by atoms with E-state index >= 15 is 0 Å². The number of rotatable bonds is 12. The minimum atomic E-state index is -6.03. The van der Waals surface area contributed by atoms with Gasteiger partial charge in [0.2, 0.25) is 11.6 Å². The fourth-order valence-corrected chi connectivity index (χ4v) is 6.32. The molecule has 0 atom stereocenters. The van der Waals surface area contributed by atoms with Crippen LogP contribution in [-0.2, 0) is 20.2 Å². The monoisotopic (exact) mass is 854 g/mol. The van der Waals surface area contributed by atoms with Gasteiger partial charge in [0.1, 0.15) is 28.7 Å². The molecule has 0 aliphatic heterocycles. The maximum absolute atomic E-state index is 13.9. The van der Waals surface area contributed by atoms with Crippen LogP contribution in [0.25, 0.3) is 5.69 Å². The highest BCUT2D eigenvalue weighted by atomic mass is 127. The predicted octanol–water partition coefficient (Wildman–Crippen LogP) is 6.06. The Kier molecular flexibility index (Phi) is 10.4. The summed E-state index contributed by atoms with van der Waals surface area (Å²) in [7, 11) is -8.88. The molecule has 0 spiro atoms. The van der Waals surface area contributed by atoms with E-state index in [9.17, 15) is 52.8 Å². The standard InChI is InChI=1S/C26H17F6IN2O10S3/c1-42-20-12-14(44-47(38,39)25(27,28)29)5-7-16(20)23(36)19-4-3-10-34(19)18-9-11-35(46-33)22(18)24(37)17-8-6-15(13-21(17)43-2)45-48(40,41)26(30,31)32/h3-13H,1-2H3. The Morgan fingerprint density at radius 3 is 1.65 bits per heavy atom. The Hall–Kier alpha value is -3.90. The molecule has 2 aromatic carbocycles. The van der Waals surface area contributed by atoms with Gasteiger partial charge in [0, 0.05) is 54.9 Å². The lowest BCUT2D eigenvalue weighted by Crippen LogP contribution is -2.28. The molecule has 4 rings (SSSR count). The number of halogens is 7. The summed E-state index contributed by atoms with van der Waals surface area (Å²) in [6.07, 6.45) is 2.86. The molecule has 0 N–H and O–H groups in total. The number of aromatic nitrogens is 2. The molecule has 0 amide bonds. The van der Waals surface area contributed by atoms with Gasteiger partial charge in [-0.2, -0.15) is 43.2 Å². The first kappa shape index (κ1) is 36.9. The number of methoxy groups -OCH3 is 2. The van der Waals surface area contributed by atoms with Gasteiger partial charge in [0.05, 0.1) is 36.7 Å². The second kappa shape index (κ2) is 13.5. The van der Waals surface area contributed by atoms with E-state index in [4.69, 9.17) is 9.47 Å². The van der Waals surface area contributed by atoms with Gasteiger partial charge in [-0.3, -0.25) is 13.6 Å². The van der Waals surface area contributed by atoms with Gasteiger partial charge in [0.15, 0.2) is 0 Å². The minimum absolute atomic E-state index is 0.0809. The van der Waals surface area contributed by atoms with Crippen LogP contribution in [0.3, 0.4) is 0 Å². The van der Waals surface area contributed by atoms with E-state index in [0.29, 0.717) is 0 Å². The number of hydrogen-bond donors (Lipinski definition) is 0. The number of nitrogens with zero attached hydrogens (tertiary/aromatic N) is 2. The summed E-state index contributed by atoms with van der Waals surface area (Å²) in [5.74, 6) is -3.84. The SMILES string of the molecule is COc1cc(OS(=O)(=O)C(F)(F)F)ccc1C(=O)c1c(-n2cccc2C(=O)c2ccc(OS(=O)(=O)C(F)(F)F)cc2OC)ccn1SI. The molecule has 12 nitrogen and oxygen atoms in total. The number of carbonyl (C=O) groups excluding carboxylic acids is 2. The van der Waals surface area contributed by atoms with Crippen molar-refractivity contribution in [3.8, 4) is 28.7 Å². The van der Waals surface area contributed by atoms with Gasteiger partial charge in [0.25, 0.3) is 0 Å². The summed E-state index contributed by atoms with van der Waals surface area (Å²) in [4.78, 5) is 27.6. The van der Waals surface area contributed by atoms with Crippen molar-refractivity contribution in [3.05, 3.63) is 89.5 Å². The van der Waals surface area contributed by atoms with E-state index in [1.54, 1.807) is 0 Å². The third-order valence-electron chi connectivity index (χ3n) is 6.18. The predicted molar refractivity (Wildman–Crippen MR) is 165 cm³/mol. The molecule has 0 aliphatic rings. The van der Waals surface area contributed by atoms with Crippen molar-refractivity contribution in [1.29, 1.82) is 0 Å². The van der Waals surface area contributed by atoms with Crippen LogP contribution >= 0.6 is 30.3 Å². The maximum atomic E-state index is 13.9. The van der Waals surface area contributed by atoms with Gasteiger partial charge < -0.3 is 22.4 Å². The van der Waals surface area contributed by atoms with Crippen LogP contribution in [0, 0.1) is 0 Å². The van der Waals surface area contributed by atoms with Crippen molar-refractivity contribution in [2.75, 3.05) is 14.2 Å². The summed E-state index contributed by atoms with van der Waals surface area (Å²) in [5.41, 5.74) is -12.0. The first-order chi connectivity index (χ1) is 22.3. The molecule has 0 saturated carbocycles. The fourth-order valence-electron chi connectivity index (χ4n) is 4.08. The largest absolute Gasteiger partial charge is 0.534 e. The smallest absolute Gasteiger partial charge is 0.496 e. The van der Waals surface area contributed by atoms with E-state index in [-0.39, 0.29) is 39.7 Å². The van der Waals surface area contributed by atoms with Crippen LogP contribution < -0.4 is 17.8 Å². The summed E-state index contributed by atoms with van der Waals surface area (Å²) in [6.45, 7) is 0. The van der Waals surface area contributed by atoms with Crippen molar-refractivity contribution in [3.63, 3.8) is 0 Å². The molecule has 0 aliphatic carbocycles. The van der Waals surface area contributed by atoms with Crippen molar-refractivity contribution in [2.45, 2.75) is 11.0 Å². The van der Waals surface area contributed by atoms with Gasteiger partial charge in [-0.05, 0) is 42.5 Å². The average molecular weight is 855 g/mol. The van der Waals surface area contributed by atoms with Gasteiger partial charge in [-0.15, -0.1) is 0 Å². The number of carbonyl (C=O) groups is 2. The third-order valence-corrected chi connectivity index (χ3v) is 9.86. The second-order valence-electron chi connectivity index (χ2n) is 9.06. The second-order valence-corrected chi connectivity index (χ2v) is 13.8. The molecule has 22 heteroatoms. The van der Waals surface area contributed by atoms with E-state index in [0.717, 1.165) is 59.7 Å². The van der Waals surface area contributed by atoms with Crippen LogP contribution in [0.2, 0.25) is 0 Å². The van der Waals surface area contributed by atoms with E-state index in [1.165, 1.54) is 39.1 Å².